The van der Waals surface area contributed by atoms with Crippen LogP contribution in [0, 0.1) is 5.92 Å². The molecule has 1 aliphatic rings. The molecule has 0 aliphatic carbocycles. The Kier molecular flexibility index (Phi) is 15.3. The lowest BCUT2D eigenvalue weighted by atomic mass is 9.95. The molecular formula is C30H46N7O12P. The topological polar surface area (TPSA) is 310 Å². The lowest BCUT2D eigenvalue weighted by Crippen LogP contribution is -2.65. The third-order valence-corrected chi connectivity index (χ3v) is 8.06. The van der Waals surface area contributed by atoms with E-state index in [4.69, 9.17) is 21.3 Å². The lowest BCUT2D eigenvalue weighted by molar-refractivity contribution is -0.151. The number of aliphatic hydroxyl groups is 1. The second-order valence-electron chi connectivity index (χ2n) is 12.4. The molecule has 2 rings (SSSR count). The van der Waals surface area contributed by atoms with Crippen molar-refractivity contribution < 1.29 is 57.5 Å². The number of aliphatic hydroxyl groups excluding tert-OH is 1. The summed E-state index contributed by atoms with van der Waals surface area (Å²) in [5.41, 5.74) is 11.0. The van der Waals surface area contributed by atoms with Gasteiger partial charge in [0.25, 0.3) is 0 Å². The zero-order chi connectivity index (χ0) is 37.9. The van der Waals surface area contributed by atoms with E-state index < -0.39 is 85.5 Å². The predicted octanol–water partition coefficient (Wildman–Crippen LogP) is -2.56. The Balaban J connectivity index is 2.21. The molecule has 1 saturated heterocycles. The van der Waals surface area contributed by atoms with E-state index in [9.17, 15) is 43.2 Å². The van der Waals surface area contributed by atoms with Gasteiger partial charge < -0.3 is 47.3 Å². The van der Waals surface area contributed by atoms with Crippen molar-refractivity contribution in [3.8, 4) is 5.75 Å². The van der Waals surface area contributed by atoms with E-state index in [1.54, 1.807) is 0 Å². The summed E-state index contributed by atoms with van der Waals surface area (Å²) in [5, 5.41) is 19.7. The second-order valence-corrected chi connectivity index (χ2v) is 13.6. The van der Waals surface area contributed by atoms with Crippen LogP contribution in [0.3, 0.4) is 0 Å². The molecule has 6 atom stereocenters. The molecule has 0 aromatic heterocycles. The molecule has 0 bridgehead atoms. The number of phosphoric ester groups is 1. The van der Waals surface area contributed by atoms with Gasteiger partial charge in [0.15, 0.2) is 0 Å². The third kappa shape index (κ3) is 13.4. The predicted molar refractivity (Wildman–Crippen MR) is 175 cm³/mol. The molecule has 1 fully saturated rings. The highest BCUT2D eigenvalue weighted by Crippen LogP contribution is 2.37. The first-order chi connectivity index (χ1) is 23.2. The highest BCUT2D eigenvalue weighted by molar-refractivity contribution is 7.46. The lowest BCUT2D eigenvalue weighted by Gasteiger charge is -2.42. The summed E-state index contributed by atoms with van der Waals surface area (Å²) < 4.78 is 15.6. The molecule has 19 nitrogen and oxygen atoms in total. The molecule has 1 aliphatic heterocycles. The van der Waals surface area contributed by atoms with Gasteiger partial charge in [0, 0.05) is 26.3 Å². The Morgan fingerprint density at radius 3 is 1.98 bits per heavy atom. The third-order valence-electron chi connectivity index (χ3n) is 7.61. The Hall–Kier alpha value is -4.58. The maximum Gasteiger partial charge on any atom is 0.524 e. The van der Waals surface area contributed by atoms with Gasteiger partial charge in [0.1, 0.15) is 36.0 Å². The van der Waals surface area contributed by atoms with Gasteiger partial charge in [0.2, 0.25) is 41.4 Å². The van der Waals surface area contributed by atoms with E-state index >= 15 is 0 Å². The number of primary amides is 2. The number of rotatable bonds is 19. The number of carbonyl (C=O) groups excluding carboxylic acids is 7. The monoisotopic (exact) mass is 727 g/mol. The van der Waals surface area contributed by atoms with Crippen LogP contribution in [0.5, 0.6) is 5.75 Å². The fraction of sp³-hybridized carbons (Fsp3) is 0.567. The summed E-state index contributed by atoms with van der Waals surface area (Å²) in [7, 11) is -4.79. The normalized spacial score (nSPS) is 17.2. The van der Waals surface area contributed by atoms with Gasteiger partial charge in [-0.3, -0.25) is 43.3 Å². The number of benzene rings is 1. The molecule has 0 radical (unpaired) electrons. The molecule has 0 spiro atoms. The van der Waals surface area contributed by atoms with E-state index in [0.29, 0.717) is 5.56 Å². The summed E-state index contributed by atoms with van der Waals surface area (Å²) in [6.45, 7) is 6.19. The van der Waals surface area contributed by atoms with Crippen LogP contribution in [0.25, 0.3) is 0 Å². The molecule has 0 saturated carbocycles. The summed E-state index contributed by atoms with van der Waals surface area (Å²) in [4.78, 5) is 108. The summed E-state index contributed by atoms with van der Waals surface area (Å²) in [6.07, 6.45) is -1.62. The number of nitrogens with one attached hydrogen (secondary N) is 4. The fourth-order valence-electron chi connectivity index (χ4n) is 5.11. The van der Waals surface area contributed by atoms with Crippen LogP contribution >= 0.6 is 7.82 Å². The van der Waals surface area contributed by atoms with Gasteiger partial charge >= 0.3 is 7.82 Å². The molecule has 1 heterocycles. The van der Waals surface area contributed by atoms with Crippen molar-refractivity contribution in [2.45, 2.75) is 96.1 Å². The van der Waals surface area contributed by atoms with E-state index in [2.05, 4.69) is 25.8 Å². The average molecular weight is 728 g/mol. The molecule has 11 N–H and O–H groups in total. The van der Waals surface area contributed by atoms with Crippen LogP contribution < -0.4 is 37.3 Å². The largest absolute Gasteiger partial charge is 0.524 e. The zero-order valence-electron chi connectivity index (χ0n) is 28.2. The molecule has 0 unspecified atom stereocenters. The number of likely N-dealkylation sites (tertiary alicyclic amines) is 1. The first kappa shape index (κ1) is 41.6. The van der Waals surface area contributed by atoms with E-state index in [0.717, 1.165) is 0 Å². The molecule has 50 heavy (non-hydrogen) atoms. The maximum absolute atomic E-state index is 13.7. The Morgan fingerprint density at radius 2 is 1.52 bits per heavy atom. The van der Waals surface area contributed by atoms with Gasteiger partial charge in [-0.2, -0.15) is 0 Å². The van der Waals surface area contributed by atoms with Crippen LogP contribution in [0.1, 0.15) is 58.9 Å². The summed E-state index contributed by atoms with van der Waals surface area (Å²) in [6, 6.07) is -0.743. The summed E-state index contributed by atoms with van der Waals surface area (Å²) in [5.74, 6) is -5.53. The molecule has 7 amide bonds. The van der Waals surface area contributed by atoms with Crippen LogP contribution in [-0.4, -0.2) is 104 Å². The molecule has 1 aromatic rings. The highest BCUT2D eigenvalue weighted by Gasteiger charge is 2.42. The first-order valence-electron chi connectivity index (χ1n) is 15.8. The molecule has 20 heteroatoms. The molecular weight excluding hydrogens is 681 g/mol. The zero-order valence-corrected chi connectivity index (χ0v) is 29.1. The number of nitrogens with zero attached hydrogens (tertiary/aromatic N) is 1. The Morgan fingerprint density at radius 1 is 0.920 bits per heavy atom. The van der Waals surface area contributed by atoms with Crippen molar-refractivity contribution in [1.29, 1.82) is 0 Å². The van der Waals surface area contributed by atoms with Crippen LogP contribution in [0.2, 0.25) is 0 Å². The van der Waals surface area contributed by atoms with Crippen LogP contribution in [0.4, 0.5) is 0 Å². The minimum Gasteiger partial charge on any atom is -0.404 e. The van der Waals surface area contributed by atoms with E-state index in [-0.39, 0.29) is 50.3 Å². The minimum atomic E-state index is -4.79. The smallest absolute Gasteiger partial charge is 0.404 e. The number of hydrogen-bond donors (Lipinski definition) is 9. The van der Waals surface area contributed by atoms with Gasteiger partial charge in [-0.25, -0.2) is 4.57 Å². The molecule has 1 aromatic carbocycles. The molecule has 278 valence electrons. The van der Waals surface area contributed by atoms with Crippen molar-refractivity contribution in [1.82, 2.24) is 26.2 Å². The van der Waals surface area contributed by atoms with Gasteiger partial charge in [0.05, 0.1) is 6.10 Å². The highest BCUT2D eigenvalue weighted by atomic mass is 31.2. The number of carbonyl (C=O) groups is 7. The summed E-state index contributed by atoms with van der Waals surface area (Å²) >= 11 is 0. The first-order valence-corrected chi connectivity index (χ1v) is 17.3. The Labute approximate surface area is 288 Å². The second kappa shape index (κ2) is 18.4. The van der Waals surface area contributed by atoms with Crippen molar-refractivity contribution >= 4 is 49.2 Å². The number of amides is 7. The van der Waals surface area contributed by atoms with Crippen LogP contribution in [-0.2, 0) is 44.5 Å². The van der Waals surface area contributed by atoms with E-state index in [1.165, 1.54) is 43.0 Å². The quantitative estimate of drug-likeness (QED) is 0.0665. The van der Waals surface area contributed by atoms with Gasteiger partial charge in [-0.15, -0.1) is 0 Å². The number of nitrogens with two attached hydrogens (primary N) is 2. The van der Waals surface area contributed by atoms with Crippen LogP contribution in [0.15, 0.2) is 24.3 Å². The Bertz CT molecular complexity index is 1470. The fourth-order valence-corrected chi connectivity index (χ4v) is 5.51. The maximum atomic E-state index is 13.7. The van der Waals surface area contributed by atoms with Crippen molar-refractivity contribution in [3.05, 3.63) is 29.8 Å². The standard InChI is InChI=1S/C30H46N7O12P/c1-15(2)13-22(35-28(43)21(33-17(4)39)14-18-5-7-19(8-6-18)49-50(46,47)48)30(45)37-12-11-23(37)29(44)34-20(9-10-24(31)40)27(42)36-25(16(3)38)26(32)41/h5-8,15-16,20-23,25,38H,9-14H2,1-4H3,(H2,31,40)(H2,32,41)(H,33,39)(H,34,44)(H,35,43)(H,36,42)(H2,46,47,48)/t16-,20+,21+,22+,23+,25+/m1/s1. The van der Waals surface area contributed by atoms with Gasteiger partial charge in [-0.05, 0) is 49.8 Å². The van der Waals surface area contributed by atoms with Crippen molar-refractivity contribution in [2.24, 2.45) is 17.4 Å². The minimum absolute atomic E-state index is 0.0562. The SMILES string of the molecule is CC(=O)N[C@@H](Cc1ccc(OP(=O)(O)O)cc1)C(=O)N[C@@H](CC(C)C)C(=O)N1CC[C@H]1C(=O)N[C@@H](CCC(N)=O)C(=O)N[C@H](C(N)=O)[C@@H](C)O. The average Bonchev–Trinajstić information content (AvgIpc) is 2.95. The van der Waals surface area contributed by atoms with Crippen molar-refractivity contribution in [2.75, 3.05) is 6.54 Å². The van der Waals surface area contributed by atoms with Crippen molar-refractivity contribution in [3.63, 3.8) is 0 Å². The van der Waals surface area contributed by atoms with Gasteiger partial charge in [-0.1, -0.05) is 26.0 Å². The van der Waals surface area contributed by atoms with E-state index in [1.807, 2.05) is 13.8 Å². The number of phosphoric acid groups is 1. The number of hydrogen-bond acceptors (Lipinski definition) is 10.